The summed E-state index contributed by atoms with van der Waals surface area (Å²) in [5.74, 6) is -0.190. The Bertz CT molecular complexity index is 1400. The smallest absolute Gasteiger partial charge is 0.261 e. The highest BCUT2D eigenvalue weighted by molar-refractivity contribution is 7.92. The molecule has 1 amide bonds. The van der Waals surface area contributed by atoms with Crippen LogP contribution in [0.5, 0.6) is 0 Å². The standard InChI is InChI=1S/C26H22N2O3S/c29-26(27-22-14-13-18-7-4-5-8-19(18)15-22)25-17-24(25)20-9-6-12-23(16-20)32(30,31)28-21-10-2-1-3-11-21/h1-16,24-25,28H,17H2,(H,27,29)/t24-,25+/m0/s1. The van der Waals surface area contributed by atoms with Crippen LogP contribution in [0.2, 0.25) is 0 Å². The number of benzene rings is 4. The van der Waals surface area contributed by atoms with E-state index in [1.54, 1.807) is 42.5 Å². The number of rotatable bonds is 6. The summed E-state index contributed by atoms with van der Waals surface area (Å²) in [6.45, 7) is 0. The summed E-state index contributed by atoms with van der Waals surface area (Å²) >= 11 is 0. The van der Waals surface area contributed by atoms with Gasteiger partial charge in [0, 0.05) is 17.3 Å². The quantitative estimate of drug-likeness (QED) is 0.421. The van der Waals surface area contributed by atoms with E-state index in [1.165, 1.54) is 0 Å². The Kier molecular flexibility index (Phi) is 5.15. The Morgan fingerprint density at radius 3 is 2.31 bits per heavy atom. The van der Waals surface area contributed by atoms with Gasteiger partial charge in [0.15, 0.2) is 0 Å². The van der Waals surface area contributed by atoms with E-state index < -0.39 is 10.0 Å². The van der Waals surface area contributed by atoms with Gasteiger partial charge in [-0.3, -0.25) is 9.52 Å². The van der Waals surface area contributed by atoms with Crippen molar-refractivity contribution in [2.45, 2.75) is 17.2 Å². The molecule has 0 radical (unpaired) electrons. The van der Waals surface area contributed by atoms with E-state index in [2.05, 4.69) is 10.0 Å². The van der Waals surface area contributed by atoms with Gasteiger partial charge in [0.25, 0.3) is 10.0 Å². The molecule has 1 fully saturated rings. The maximum Gasteiger partial charge on any atom is 0.261 e. The SMILES string of the molecule is O=C(Nc1ccc2ccccc2c1)[C@@H]1C[C@H]1c1cccc(S(=O)(=O)Nc2ccccc2)c1. The van der Waals surface area contributed by atoms with Crippen molar-refractivity contribution in [3.05, 3.63) is 103 Å². The fourth-order valence-corrected chi connectivity index (χ4v) is 5.10. The zero-order chi connectivity index (χ0) is 22.1. The van der Waals surface area contributed by atoms with Gasteiger partial charge in [-0.25, -0.2) is 8.42 Å². The number of hydrogen-bond donors (Lipinski definition) is 2. The van der Waals surface area contributed by atoms with Crippen LogP contribution in [-0.2, 0) is 14.8 Å². The lowest BCUT2D eigenvalue weighted by Gasteiger charge is -2.10. The minimum absolute atomic E-state index is 0.0160. The molecule has 4 aromatic rings. The van der Waals surface area contributed by atoms with Crippen LogP contribution in [-0.4, -0.2) is 14.3 Å². The molecule has 0 saturated heterocycles. The topological polar surface area (TPSA) is 75.3 Å². The maximum atomic E-state index is 12.8. The van der Waals surface area contributed by atoms with Crippen molar-refractivity contribution in [1.29, 1.82) is 0 Å². The van der Waals surface area contributed by atoms with Gasteiger partial charge in [0.2, 0.25) is 5.91 Å². The van der Waals surface area contributed by atoms with Gasteiger partial charge in [-0.2, -0.15) is 0 Å². The third kappa shape index (κ3) is 4.22. The number of anilines is 2. The first-order valence-corrected chi connectivity index (χ1v) is 12.0. The minimum Gasteiger partial charge on any atom is -0.326 e. The Balaban J connectivity index is 1.29. The van der Waals surface area contributed by atoms with Crippen LogP contribution in [0, 0.1) is 5.92 Å². The molecule has 1 aliphatic carbocycles. The first kappa shape index (κ1) is 20.3. The van der Waals surface area contributed by atoms with Gasteiger partial charge in [0.1, 0.15) is 0 Å². The second kappa shape index (κ2) is 8.13. The van der Waals surface area contributed by atoms with E-state index in [0.29, 0.717) is 12.1 Å². The van der Waals surface area contributed by atoms with E-state index in [-0.39, 0.29) is 22.6 Å². The Labute approximate surface area is 187 Å². The van der Waals surface area contributed by atoms with Gasteiger partial charge in [0.05, 0.1) is 4.90 Å². The highest BCUT2D eigenvalue weighted by Gasteiger charge is 2.44. The summed E-state index contributed by atoms with van der Waals surface area (Å²) < 4.78 is 28.1. The number of carbonyl (C=O) groups is 1. The molecule has 0 heterocycles. The van der Waals surface area contributed by atoms with Crippen LogP contribution in [0.1, 0.15) is 17.9 Å². The second-order valence-electron chi connectivity index (χ2n) is 8.04. The van der Waals surface area contributed by atoms with Crippen molar-refractivity contribution >= 4 is 38.1 Å². The van der Waals surface area contributed by atoms with E-state index in [1.807, 2.05) is 54.6 Å². The van der Waals surface area contributed by atoms with Gasteiger partial charge >= 0.3 is 0 Å². The number of carbonyl (C=O) groups excluding carboxylic acids is 1. The Hall–Kier alpha value is -3.64. The average molecular weight is 443 g/mol. The van der Waals surface area contributed by atoms with E-state index in [4.69, 9.17) is 0 Å². The highest BCUT2D eigenvalue weighted by atomic mass is 32.2. The van der Waals surface area contributed by atoms with Crippen molar-refractivity contribution in [2.24, 2.45) is 5.92 Å². The molecule has 0 aromatic heterocycles. The number of amides is 1. The Morgan fingerprint density at radius 2 is 1.50 bits per heavy atom. The van der Waals surface area contributed by atoms with Crippen LogP contribution in [0.4, 0.5) is 11.4 Å². The van der Waals surface area contributed by atoms with Crippen LogP contribution in [0.3, 0.4) is 0 Å². The normalized spacial score (nSPS) is 17.6. The summed E-state index contributed by atoms with van der Waals surface area (Å²) in [7, 11) is -3.70. The number of nitrogens with one attached hydrogen (secondary N) is 2. The molecule has 1 saturated carbocycles. The molecule has 5 nitrogen and oxygen atoms in total. The summed E-state index contributed by atoms with van der Waals surface area (Å²) in [4.78, 5) is 13.0. The predicted molar refractivity (Wildman–Crippen MR) is 127 cm³/mol. The highest BCUT2D eigenvalue weighted by Crippen LogP contribution is 2.48. The van der Waals surface area contributed by atoms with Gasteiger partial charge in [-0.05, 0) is 65.1 Å². The van der Waals surface area contributed by atoms with Gasteiger partial charge in [-0.15, -0.1) is 0 Å². The van der Waals surface area contributed by atoms with Crippen LogP contribution in [0.25, 0.3) is 10.8 Å². The second-order valence-corrected chi connectivity index (χ2v) is 9.73. The molecule has 2 atom stereocenters. The molecule has 4 aromatic carbocycles. The van der Waals surface area contributed by atoms with Crippen LogP contribution >= 0.6 is 0 Å². The van der Waals surface area contributed by atoms with Crippen LogP contribution in [0.15, 0.2) is 102 Å². The minimum atomic E-state index is -3.70. The first-order valence-electron chi connectivity index (χ1n) is 10.5. The molecule has 0 spiro atoms. The van der Waals surface area contributed by atoms with E-state index >= 15 is 0 Å². The van der Waals surface area contributed by atoms with Crippen molar-refractivity contribution in [3.8, 4) is 0 Å². The van der Waals surface area contributed by atoms with Crippen molar-refractivity contribution < 1.29 is 13.2 Å². The summed E-state index contributed by atoms with van der Waals surface area (Å²) in [5.41, 5.74) is 2.14. The van der Waals surface area contributed by atoms with E-state index in [9.17, 15) is 13.2 Å². The lowest BCUT2D eigenvalue weighted by molar-refractivity contribution is -0.117. The van der Waals surface area contributed by atoms with Crippen LogP contribution < -0.4 is 10.0 Å². The lowest BCUT2D eigenvalue weighted by atomic mass is 10.1. The molecule has 0 aliphatic heterocycles. The molecular weight excluding hydrogens is 420 g/mol. The number of sulfonamides is 1. The molecule has 32 heavy (non-hydrogen) atoms. The third-order valence-electron chi connectivity index (χ3n) is 5.77. The maximum absolute atomic E-state index is 12.8. The monoisotopic (exact) mass is 442 g/mol. The summed E-state index contributed by atoms with van der Waals surface area (Å²) in [5, 5.41) is 5.20. The largest absolute Gasteiger partial charge is 0.326 e. The number of fused-ring (bicyclic) bond motifs is 1. The zero-order valence-electron chi connectivity index (χ0n) is 17.2. The molecule has 2 N–H and O–H groups in total. The third-order valence-corrected chi connectivity index (χ3v) is 7.15. The number of hydrogen-bond acceptors (Lipinski definition) is 3. The van der Waals surface area contributed by atoms with Crippen molar-refractivity contribution in [2.75, 3.05) is 10.0 Å². The average Bonchev–Trinajstić information content (AvgIpc) is 3.61. The van der Waals surface area contributed by atoms with Crippen molar-refractivity contribution in [3.63, 3.8) is 0 Å². The molecule has 160 valence electrons. The lowest BCUT2D eigenvalue weighted by Crippen LogP contribution is -2.15. The van der Waals surface area contributed by atoms with Crippen molar-refractivity contribution in [1.82, 2.24) is 0 Å². The molecule has 5 rings (SSSR count). The van der Waals surface area contributed by atoms with Gasteiger partial charge in [-0.1, -0.05) is 60.7 Å². The number of para-hydroxylation sites is 1. The molecule has 0 unspecified atom stereocenters. The van der Waals surface area contributed by atoms with E-state index in [0.717, 1.165) is 22.0 Å². The Morgan fingerprint density at radius 1 is 0.750 bits per heavy atom. The molecule has 1 aliphatic rings. The fourth-order valence-electron chi connectivity index (χ4n) is 3.99. The molecule has 6 heteroatoms. The zero-order valence-corrected chi connectivity index (χ0v) is 18.0. The summed E-state index contributed by atoms with van der Waals surface area (Å²) in [6, 6.07) is 29.5. The first-order chi connectivity index (χ1) is 15.5. The molecule has 0 bridgehead atoms. The molecular formula is C26H22N2O3S. The summed E-state index contributed by atoms with van der Waals surface area (Å²) in [6.07, 6.45) is 0.703. The predicted octanol–water partition coefficient (Wildman–Crippen LogP) is 5.38. The van der Waals surface area contributed by atoms with Gasteiger partial charge < -0.3 is 5.32 Å². The fraction of sp³-hybridized carbons (Fsp3) is 0.115.